The van der Waals surface area contributed by atoms with Crippen LogP contribution in [0.3, 0.4) is 0 Å². The molecule has 1 heteroatoms. The Morgan fingerprint density at radius 2 is 1.82 bits per heavy atom. The minimum Gasteiger partial charge on any atom is -0.494 e. The van der Waals surface area contributed by atoms with Gasteiger partial charge in [0.2, 0.25) is 0 Å². The lowest BCUT2D eigenvalue weighted by Gasteiger charge is -2.19. The number of ether oxygens (including phenoxy) is 1. The van der Waals surface area contributed by atoms with Crippen molar-refractivity contribution in [3.05, 3.63) is 29.3 Å². The maximum absolute atomic E-state index is 5.74. The van der Waals surface area contributed by atoms with Crippen LogP contribution in [0.2, 0.25) is 0 Å². The van der Waals surface area contributed by atoms with Gasteiger partial charge in [0.25, 0.3) is 0 Å². The van der Waals surface area contributed by atoms with Crippen molar-refractivity contribution < 1.29 is 4.74 Å². The molecule has 96 valence electrons. The van der Waals surface area contributed by atoms with Gasteiger partial charge in [-0.15, -0.1) is 0 Å². The molecule has 0 amide bonds. The summed E-state index contributed by atoms with van der Waals surface area (Å²) in [5.74, 6) is 1.08. The first-order valence-electron chi connectivity index (χ1n) is 6.71. The van der Waals surface area contributed by atoms with Crippen molar-refractivity contribution in [1.29, 1.82) is 0 Å². The number of hydrogen-bond acceptors (Lipinski definition) is 1. The van der Waals surface area contributed by atoms with Crippen LogP contribution in [0.5, 0.6) is 5.75 Å². The van der Waals surface area contributed by atoms with Crippen molar-refractivity contribution in [2.45, 2.75) is 53.9 Å². The summed E-state index contributed by atoms with van der Waals surface area (Å²) in [6.07, 6.45) is 3.36. The molecular formula is C16H26O. The molecule has 0 unspecified atom stereocenters. The summed E-state index contributed by atoms with van der Waals surface area (Å²) in [5, 5.41) is 0. The molecule has 0 aliphatic rings. The van der Waals surface area contributed by atoms with Crippen LogP contribution in [0.4, 0.5) is 0 Å². The molecule has 0 bridgehead atoms. The lowest BCUT2D eigenvalue weighted by Crippen LogP contribution is -2.09. The largest absolute Gasteiger partial charge is 0.494 e. The lowest BCUT2D eigenvalue weighted by molar-refractivity contribution is 0.335. The summed E-state index contributed by atoms with van der Waals surface area (Å²) in [4.78, 5) is 0. The van der Waals surface area contributed by atoms with Crippen molar-refractivity contribution in [3.63, 3.8) is 0 Å². The van der Waals surface area contributed by atoms with E-state index in [-0.39, 0.29) is 0 Å². The van der Waals surface area contributed by atoms with Crippen molar-refractivity contribution in [1.82, 2.24) is 0 Å². The zero-order valence-corrected chi connectivity index (χ0v) is 12.0. The minimum atomic E-state index is 0.329. The molecule has 0 fully saturated rings. The Hall–Kier alpha value is -0.980. The minimum absolute atomic E-state index is 0.329. The van der Waals surface area contributed by atoms with Crippen LogP contribution in [0, 0.1) is 5.41 Å². The van der Waals surface area contributed by atoms with E-state index >= 15 is 0 Å². The van der Waals surface area contributed by atoms with Crippen molar-refractivity contribution in [2.75, 3.05) is 6.61 Å². The summed E-state index contributed by atoms with van der Waals surface area (Å²) < 4.78 is 5.74. The van der Waals surface area contributed by atoms with E-state index in [2.05, 4.69) is 45.9 Å². The molecule has 0 heterocycles. The van der Waals surface area contributed by atoms with Gasteiger partial charge in [0.05, 0.1) is 6.61 Å². The molecule has 1 aromatic carbocycles. The molecule has 0 aliphatic carbocycles. The second-order valence-corrected chi connectivity index (χ2v) is 5.86. The molecule has 0 aromatic heterocycles. The number of hydrogen-bond donors (Lipinski definition) is 0. The van der Waals surface area contributed by atoms with Crippen LogP contribution in [0.15, 0.2) is 18.2 Å². The second kappa shape index (κ2) is 6.09. The molecule has 1 rings (SSSR count). The predicted molar refractivity (Wildman–Crippen MR) is 74.8 cm³/mol. The normalized spacial score (nSPS) is 11.6. The maximum atomic E-state index is 5.74. The zero-order chi connectivity index (χ0) is 12.9. The Morgan fingerprint density at radius 1 is 1.12 bits per heavy atom. The highest BCUT2D eigenvalue weighted by Crippen LogP contribution is 2.26. The molecule has 1 nitrogen and oxygen atoms in total. The van der Waals surface area contributed by atoms with Gasteiger partial charge in [-0.1, -0.05) is 46.2 Å². The van der Waals surface area contributed by atoms with Crippen LogP contribution in [0.1, 0.15) is 52.2 Å². The fourth-order valence-corrected chi connectivity index (χ4v) is 2.09. The number of aryl methyl sites for hydroxylation is 1. The quantitative estimate of drug-likeness (QED) is 0.722. The van der Waals surface area contributed by atoms with E-state index in [4.69, 9.17) is 4.74 Å². The van der Waals surface area contributed by atoms with E-state index in [1.807, 2.05) is 6.92 Å². The lowest BCUT2D eigenvalue weighted by atomic mass is 9.87. The average Bonchev–Trinajstić information content (AvgIpc) is 2.20. The third-order valence-corrected chi connectivity index (χ3v) is 2.69. The summed E-state index contributed by atoms with van der Waals surface area (Å²) in [6.45, 7) is 11.8. The van der Waals surface area contributed by atoms with Crippen LogP contribution in [-0.2, 0) is 12.8 Å². The number of rotatable bonds is 5. The van der Waals surface area contributed by atoms with Crippen molar-refractivity contribution in [2.24, 2.45) is 5.41 Å². The molecule has 0 spiro atoms. The highest BCUT2D eigenvalue weighted by molar-refractivity contribution is 5.38. The summed E-state index contributed by atoms with van der Waals surface area (Å²) in [7, 11) is 0. The van der Waals surface area contributed by atoms with Gasteiger partial charge in [0.1, 0.15) is 5.75 Å². The van der Waals surface area contributed by atoms with Crippen molar-refractivity contribution >= 4 is 0 Å². The molecule has 0 atom stereocenters. The van der Waals surface area contributed by atoms with Crippen LogP contribution in [0.25, 0.3) is 0 Å². The third-order valence-electron chi connectivity index (χ3n) is 2.69. The summed E-state index contributed by atoms with van der Waals surface area (Å²) >= 11 is 0. The van der Waals surface area contributed by atoms with E-state index in [0.717, 1.165) is 25.2 Å². The van der Waals surface area contributed by atoms with Gasteiger partial charge in [-0.3, -0.25) is 0 Å². The van der Waals surface area contributed by atoms with E-state index < -0.39 is 0 Å². The predicted octanol–water partition coefficient (Wildman–Crippen LogP) is 4.63. The van der Waals surface area contributed by atoms with Crippen LogP contribution < -0.4 is 4.74 Å². The molecule has 17 heavy (non-hydrogen) atoms. The Bertz CT molecular complexity index is 347. The molecule has 0 saturated heterocycles. The van der Waals surface area contributed by atoms with Gasteiger partial charge >= 0.3 is 0 Å². The molecule has 0 radical (unpaired) electrons. The van der Waals surface area contributed by atoms with Gasteiger partial charge in [-0.05, 0) is 42.4 Å². The maximum Gasteiger partial charge on any atom is 0.122 e. The van der Waals surface area contributed by atoms with E-state index in [1.54, 1.807) is 0 Å². The van der Waals surface area contributed by atoms with Crippen LogP contribution >= 0.6 is 0 Å². The first-order chi connectivity index (χ1) is 7.96. The summed E-state index contributed by atoms with van der Waals surface area (Å²) in [5.41, 5.74) is 3.04. The Balaban J connectivity index is 2.92. The fourth-order valence-electron chi connectivity index (χ4n) is 2.09. The zero-order valence-electron chi connectivity index (χ0n) is 12.0. The van der Waals surface area contributed by atoms with E-state index in [9.17, 15) is 0 Å². The smallest absolute Gasteiger partial charge is 0.122 e. The van der Waals surface area contributed by atoms with Crippen molar-refractivity contribution in [3.8, 4) is 5.75 Å². The Morgan fingerprint density at radius 3 is 2.35 bits per heavy atom. The highest BCUT2D eigenvalue weighted by Gasteiger charge is 2.13. The van der Waals surface area contributed by atoms with Gasteiger partial charge in [-0.2, -0.15) is 0 Å². The van der Waals surface area contributed by atoms with Crippen LogP contribution in [-0.4, -0.2) is 6.61 Å². The van der Waals surface area contributed by atoms with Gasteiger partial charge in [0, 0.05) is 0 Å². The Labute approximate surface area is 106 Å². The molecule has 0 saturated carbocycles. The molecule has 1 aromatic rings. The molecule has 0 N–H and O–H groups in total. The third kappa shape index (κ3) is 4.80. The van der Waals surface area contributed by atoms with Gasteiger partial charge in [0.15, 0.2) is 0 Å². The van der Waals surface area contributed by atoms with E-state index in [1.165, 1.54) is 17.5 Å². The monoisotopic (exact) mass is 234 g/mol. The molecule has 0 aliphatic heterocycles. The topological polar surface area (TPSA) is 9.23 Å². The second-order valence-electron chi connectivity index (χ2n) is 5.86. The molecular weight excluding hydrogens is 208 g/mol. The SMILES string of the molecule is CCCc1ccc(CC(C)(C)C)cc1OCC. The van der Waals surface area contributed by atoms with E-state index in [0.29, 0.717) is 5.41 Å². The van der Waals surface area contributed by atoms with Gasteiger partial charge in [-0.25, -0.2) is 0 Å². The first-order valence-corrected chi connectivity index (χ1v) is 6.71. The Kier molecular flexibility index (Phi) is 5.04. The standard InChI is InChI=1S/C16H26O/c1-6-8-14-10-9-13(12-16(3,4)5)11-15(14)17-7-2/h9-11H,6-8,12H2,1-5H3. The van der Waals surface area contributed by atoms with Gasteiger partial charge < -0.3 is 4.74 Å². The summed E-state index contributed by atoms with van der Waals surface area (Å²) in [6, 6.07) is 6.70. The first kappa shape index (κ1) is 14.1. The number of benzene rings is 1. The average molecular weight is 234 g/mol. The fraction of sp³-hybridized carbons (Fsp3) is 0.625. The highest BCUT2D eigenvalue weighted by atomic mass is 16.5.